The molecule has 150 valence electrons. The summed E-state index contributed by atoms with van der Waals surface area (Å²) in [4.78, 5) is 26.2. The molecular formula is C22H27NO5. The standard InChI is InChI=1S/C22H27NO5/c1-16(2)23(18-8-6-5-7-9-18)21(24)15-28-22(25)13-11-17-10-12-19(26-3)20(14-17)27-4/h5-10,12,14,16H,11,13,15H2,1-4H3. The molecule has 0 saturated heterocycles. The van der Waals surface area contributed by atoms with Gasteiger partial charge >= 0.3 is 5.97 Å². The van der Waals surface area contributed by atoms with Crippen molar-refractivity contribution in [2.24, 2.45) is 0 Å². The van der Waals surface area contributed by atoms with Gasteiger partial charge in [0.05, 0.1) is 14.2 Å². The molecule has 0 N–H and O–H groups in total. The highest BCUT2D eigenvalue weighted by Gasteiger charge is 2.20. The largest absolute Gasteiger partial charge is 0.493 e. The van der Waals surface area contributed by atoms with Crippen LogP contribution in [0.15, 0.2) is 48.5 Å². The molecule has 0 heterocycles. The van der Waals surface area contributed by atoms with Gasteiger partial charge in [-0.2, -0.15) is 0 Å². The second kappa shape index (κ2) is 10.3. The number of amides is 1. The molecule has 0 unspecified atom stereocenters. The smallest absolute Gasteiger partial charge is 0.306 e. The van der Waals surface area contributed by atoms with Crippen molar-refractivity contribution in [3.05, 3.63) is 54.1 Å². The van der Waals surface area contributed by atoms with E-state index < -0.39 is 5.97 Å². The van der Waals surface area contributed by atoms with Crippen molar-refractivity contribution in [3.8, 4) is 11.5 Å². The highest BCUT2D eigenvalue weighted by atomic mass is 16.5. The maximum atomic E-state index is 12.5. The molecule has 0 aliphatic rings. The Hall–Kier alpha value is -3.02. The van der Waals surface area contributed by atoms with Crippen LogP contribution in [0.1, 0.15) is 25.8 Å². The van der Waals surface area contributed by atoms with Crippen LogP contribution in [0.2, 0.25) is 0 Å². The molecule has 1 amide bonds. The van der Waals surface area contributed by atoms with Gasteiger partial charge in [0.1, 0.15) is 0 Å². The van der Waals surface area contributed by atoms with Crippen molar-refractivity contribution in [1.82, 2.24) is 0 Å². The van der Waals surface area contributed by atoms with Gasteiger partial charge in [-0.25, -0.2) is 0 Å². The molecule has 2 aromatic carbocycles. The highest BCUT2D eigenvalue weighted by Crippen LogP contribution is 2.28. The molecule has 28 heavy (non-hydrogen) atoms. The minimum absolute atomic E-state index is 0.0413. The molecule has 0 fully saturated rings. The van der Waals surface area contributed by atoms with Crippen LogP contribution in [0.5, 0.6) is 11.5 Å². The van der Waals surface area contributed by atoms with E-state index in [1.165, 1.54) is 0 Å². The van der Waals surface area contributed by atoms with Crippen LogP contribution in [0.4, 0.5) is 5.69 Å². The molecule has 0 radical (unpaired) electrons. The first-order chi connectivity index (χ1) is 13.5. The van der Waals surface area contributed by atoms with Crippen molar-refractivity contribution in [2.75, 3.05) is 25.7 Å². The van der Waals surface area contributed by atoms with E-state index >= 15 is 0 Å². The number of para-hydroxylation sites is 1. The fourth-order valence-corrected chi connectivity index (χ4v) is 2.89. The van der Waals surface area contributed by atoms with Crippen LogP contribution in [0.25, 0.3) is 0 Å². The van der Waals surface area contributed by atoms with Crippen LogP contribution in [0.3, 0.4) is 0 Å². The molecule has 2 rings (SSSR count). The number of benzene rings is 2. The SMILES string of the molecule is COc1ccc(CCC(=O)OCC(=O)N(c2ccccc2)C(C)C)cc1OC. The molecule has 0 aromatic heterocycles. The summed E-state index contributed by atoms with van der Waals surface area (Å²) in [6.07, 6.45) is 0.662. The molecule has 0 aliphatic heterocycles. The molecule has 0 aliphatic carbocycles. The molecule has 0 atom stereocenters. The number of carbonyl (C=O) groups is 2. The Morgan fingerprint density at radius 3 is 2.25 bits per heavy atom. The number of ether oxygens (including phenoxy) is 3. The van der Waals surface area contributed by atoms with Gasteiger partial charge in [-0.1, -0.05) is 24.3 Å². The lowest BCUT2D eigenvalue weighted by molar-refractivity contribution is -0.147. The summed E-state index contributed by atoms with van der Waals surface area (Å²) >= 11 is 0. The highest BCUT2D eigenvalue weighted by molar-refractivity contribution is 5.95. The molecule has 6 heteroatoms. The quantitative estimate of drug-likeness (QED) is 0.617. The van der Waals surface area contributed by atoms with Crippen molar-refractivity contribution in [3.63, 3.8) is 0 Å². The number of hydrogen-bond donors (Lipinski definition) is 0. The van der Waals surface area contributed by atoms with Gasteiger partial charge < -0.3 is 19.1 Å². The Labute approximate surface area is 166 Å². The fourth-order valence-electron chi connectivity index (χ4n) is 2.89. The number of anilines is 1. The van der Waals surface area contributed by atoms with E-state index in [0.717, 1.165) is 11.3 Å². The first kappa shape index (κ1) is 21.3. The number of hydrogen-bond acceptors (Lipinski definition) is 5. The second-order valence-corrected chi connectivity index (χ2v) is 6.54. The number of aryl methyl sites for hydroxylation is 1. The number of methoxy groups -OCH3 is 2. The first-order valence-electron chi connectivity index (χ1n) is 9.20. The summed E-state index contributed by atoms with van der Waals surface area (Å²) in [5.41, 5.74) is 1.71. The van der Waals surface area contributed by atoms with Crippen molar-refractivity contribution < 1.29 is 23.8 Å². The van der Waals surface area contributed by atoms with Crippen LogP contribution in [-0.4, -0.2) is 38.7 Å². The zero-order valence-corrected chi connectivity index (χ0v) is 16.8. The average Bonchev–Trinajstić information content (AvgIpc) is 2.71. The van der Waals surface area contributed by atoms with E-state index in [-0.39, 0.29) is 25.0 Å². The van der Waals surface area contributed by atoms with Crippen LogP contribution in [0, 0.1) is 0 Å². The van der Waals surface area contributed by atoms with E-state index in [0.29, 0.717) is 17.9 Å². The maximum absolute atomic E-state index is 12.5. The Bertz CT molecular complexity index is 789. The summed E-state index contributed by atoms with van der Waals surface area (Å²) in [6, 6.07) is 14.8. The fraction of sp³-hybridized carbons (Fsp3) is 0.364. The summed E-state index contributed by atoms with van der Waals surface area (Å²) in [7, 11) is 3.14. The van der Waals surface area contributed by atoms with Crippen LogP contribution < -0.4 is 14.4 Å². The Morgan fingerprint density at radius 1 is 0.964 bits per heavy atom. The second-order valence-electron chi connectivity index (χ2n) is 6.54. The zero-order chi connectivity index (χ0) is 20.5. The zero-order valence-electron chi connectivity index (χ0n) is 16.8. The van der Waals surface area contributed by atoms with E-state index in [1.807, 2.05) is 56.3 Å². The van der Waals surface area contributed by atoms with Gasteiger partial charge in [0, 0.05) is 18.2 Å². The summed E-state index contributed by atoms with van der Waals surface area (Å²) in [6.45, 7) is 3.56. The van der Waals surface area contributed by atoms with Gasteiger partial charge in [0.15, 0.2) is 18.1 Å². The minimum atomic E-state index is -0.417. The minimum Gasteiger partial charge on any atom is -0.493 e. The number of carbonyl (C=O) groups excluding carboxylic acids is 2. The van der Waals surface area contributed by atoms with Crippen molar-refractivity contribution in [2.45, 2.75) is 32.7 Å². The summed E-state index contributed by atoms with van der Waals surface area (Å²) in [5.74, 6) is 0.577. The molecule has 0 spiro atoms. The van der Waals surface area contributed by atoms with Crippen LogP contribution >= 0.6 is 0 Å². The Morgan fingerprint density at radius 2 is 1.64 bits per heavy atom. The predicted molar refractivity (Wildman–Crippen MR) is 108 cm³/mol. The van der Waals surface area contributed by atoms with E-state index in [9.17, 15) is 9.59 Å². The van der Waals surface area contributed by atoms with E-state index in [1.54, 1.807) is 25.2 Å². The van der Waals surface area contributed by atoms with Gasteiger partial charge in [0.2, 0.25) is 0 Å². The number of nitrogens with zero attached hydrogens (tertiary/aromatic N) is 1. The monoisotopic (exact) mass is 385 g/mol. The van der Waals surface area contributed by atoms with Crippen LogP contribution in [-0.2, 0) is 20.7 Å². The molecule has 6 nitrogen and oxygen atoms in total. The molecule has 0 saturated carbocycles. The number of esters is 1. The van der Waals surface area contributed by atoms with Gasteiger partial charge in [-0.05, 0) is 50.1 Å². The summed E-state index contributed by atoms with van der Waals surface area (Å²) in [5, 5.41) is 0. The third-order valence-corrected chi connectivity index (χ3v) is 4.24. The van der Waals surface area contributed by atoms with Gasteiger partial charge in [0.25, 0.3) is 5.91 Å². The van der Waals surface area contributed by atoms with Gasteiger partial charge in [-0.3, -0.25) is 9.59 Å². The third kappa shape index (κ3) is 5.74. The normalized spacial score (nSPS) is 10.5. The van der Waals surface area contributed by atoms with E-state index in [2.05, 4.69) is 0 Å². The first-order valence-corrected chi connectivity index (χ1v) is 9.20. The molecule has 0 bridgehead atoms. The lowest BCUT2D eigenvalue weighted by atomic mass is 10.1. The average molecular weight is 385 g/mol. The molecule has 2 aromatic rings. The molecular weight excluding hydrogens is 358 g/mol. The lowest BCUT2D eigenvalue weighted by Gasteiger charge is -2.26. The topological polar surface area (TPSA) is 65.1 Å². The van der Waals surface area contributed by atoms with Crippen molar-refractivity contribution in [1.29, 1.82) is 0 Å². The van der Waals surface area contributed by atoms with Gasteiger partial charge in [-0.15, -0.1) is 0 Å². The number of rotatable bonds is 9. The summed E-state index contributed by atoms with van der Waals surface area (Å²) < 4.78 is 15.7. The lowest BCUT2D eigenvalue weighted by Crippen LogP contribution is -2.39. The Balaban J connectivity index is 1.88. The third-order valence-electron chi connectivity index (χ3n) is 4.24. The Kier molecular flexibility index (Phi) is 7.87. The maximum Gasteiger partial charge on any atom is 0.306 e. The predicted octanol–water partition coefficient (Wildman–Crippen LogP) is 3.62. The van der Waals surface area contributed by atoms with Crippen molar-refractivity contribution >= 4 is 17.6 Å². The van der Waals surface area contributed by atoms with E-state index in [4.69, 9.17) is 14.2 Å².